The smallest absolute Gasteiger partial charge is 0.214 e. The van der Waals surface area contributed by atoms with Crippen molar-refractivity contribution in [3.63, 3.8) is 0 Å². The molecule has 0 radical (unpaired) electrons. The molecule has 2 aliphatic rings. The lowest BCUT2D eigenvalue weighted by atomic mass is 9.96. The zero-order chi connectivity index (χ0) is 18.4. The molecule has 3 aromatic rings. The van der Waals surface area contributed by atoms with Crippen molar-refractivity contribution in [2.24, 2.45) is 5.10 Å². The Morgan fingerprint density at radius 1 is 0.963 bits per heavy atom. The van der Waals surface area contributed by atoms with Crippen molar-refractivity contribution in [1.82, 2.24) is 5.01 Å². The number of hydrazone groups is 1. The third-order valence-electron chi connectivity index (χ3n) is 5.03. The number of hydrogen-bond donors (Lipinski definition) is 0. The van der Waals surface area contributed by atoms with Crippen LogP contribution in [0.4, 0.5) is 0 Å². The monoisotopic (exact) mass is 438 g/mol. The Kier molecular flexibility index (Phi) is 4.18. The first-order valence-corrected chi connectivity index (χ1v) is 9.99. The van der Waals surface area contributed by atoms with Crippen LogP contribution in [0.25, 0.3) is 0 Å². The van der Waals surface area contributed by atoms with Crippen molar-refractivity contribution in [1.29, 1.82) is 0 Å². The van der Waals surface area contributed by atoms with Gasteiger partial charge < -0.3 is 4.74 Å². The van der Waals surface area contributed by atoms with Gasteiger partial charge in [0, 0.05) is 27.0 Å². The van der Waals surface area contributed by atoms with E-state index in [2.05, 4.69) is 39.1 Å². The molecular formula is C22H16BrClN2O. The summed E-state index contributed by atoms with van der Waals surface area (Å²) >= 11 is 9.94. The lowest BCUT2D eigenvalue weighted by molar-refractivity contribution is -0.0194. The Balaban J connectivity index is 1.64. The van der Waals surface area contributed by atoms with E-state index in [1.165, 1.54) is 0 Å². The number of halogens is 2. The third-order valence-corrected chi connectivity index (χ3v) is 5.99. The first-order chi connectivity index (χ1) is 13.2. The van der Waals surface area contributed by atoms with Crippen LogP contribution >= 0.6 is 27.5 Å². The molecule has 0 bridgehead atoms. The summed E-state index contributed by atoms with van der Waals surface area (Å²) < 4.78 is 7.39. The van der Waals surface area contributed by atoms with Crippen LogP contribution in [-0.2, 0) is 0 Å². The van der Waals surface area contributed by atoms with Gasteiger partial charge in [0.2, 0.25) is 6.23 Å². The molecule has 3 nitrogen and oxygen atoms in total. The maximum atomic E-state index is 6.38. The highest BCUT2D eigenvalue weighted by Gasteiger charge is 2.41. The lowest BCUT2D eigenvalue weighted by Crippen LogP contribution is -2.33. The Morgan fingerprint density at radius 3 is 2.56 bits per heavy atom. The molecule has 134 valence electrons. The summed E-state index contributed by atoms with van der Waals surface area (Å²) in [6.07, 6.45) is 0.530. The summed E-state index contributed by atoms with van der Waals surface area (Å²) in [5.74, 6) is 0.867. The summed E-state index contributed by atoms with van der Waals surface area (Å²) in [7, 11) is 0. The molecule has 2 atom stereocenters. The van der Waals surface area contributed by atoms with Gasteiger partial charge in [-0.1, -0.05) is 76.1 Å². The van der Waals surface area contributed by atoms with Crippen molar-refractivity contribution in [2.75, 3.05) is 0 Å². The molecule has 0 aliphatic carbocycles. The number of nitrogens with zero attached hydrogens (tertiary/aromatic N) is 2. The fourth-order valence-electron chi connectivity index (χ4n) is 3.74. The van der Waals surface area contributed by atoms with Gasteiger partial charge in [-0.15, -0.1) is 0 Å². The first-order valence-electron chi connectivity index (χ1n) is 8.82. The van der Waals surface area contributed by atoms with Crippen molar-refractivity contribution < 1.29 is 4.74 Å². The van der Waals surface area contributed by atoms with Crippen LogP contribution in [0.15, 0.2) is 82.4 Å². The van der Waals surface area contributed by atoms with E-state index in [1.807, 2.05) is 54.6 Å². The summed E-state index contributed by atoms with van der Waals surface area (Å²) in [5, 5.41) is 7.75. The quantitative estimate of drug-likeness (QED) is 0.465. The minimum atomic E-state index is -0.291. The highest BCUT2D eigenvalue weighted by Crippen LogP contribution is 2.49. The molecule has 0 fully saturated rings. The summed E-state index contributed by atoms with van der Waals surface area (Å²) in [6, 6.07) is 24.4. The summed E-state index contributed by atoms with van der Waals surface area (Å²) in [6.45, 7) is 0. The number of hydrogen-bond acceptors (Lipinski definition) is 3. The Hall–Kier alpha value is -2.30. The van der Waals surface area contributed by atoms with Crippen LogP contribution in [0.3, 0.4) is 0 Å². The van der Waals surface area contributed by atoms with E-state index in [-0.39, 0.29) is 12.3 Å². The highest BCUT2D eigenvalue weighted by atomic mass is 79.9. The standard InChI is InChI=1S/C22H16BrClN2O/c23-18-9-5-4-8-16(18)22-26-20(17-12-15(24)10-11-21(17)27-22)13-19(25-26)14-6-2-1-3-7-14/h1-12,20,22H,13H2/t20-,22-/m1/s1. The number of rotatable bonds is 2. The highest BCUT2D eigenvalue weighted by molar-refractivity contribution is 9.10. The van der Waals surface area contributed by atoms with Gasteiger partial charge in [0.15, 0.2) is 0 Å². The fourth-order valence-corrected chi connectivity index (χ4v) is 4.40. The molecule has 3 aromatic carbocycles. The molecule has 0 spiro atoms. The van der Waals surface area contributed by atoms with Gasteiger partial charge in [-0.25, -0.2) is 5.01 Å². The average Bonchev–Trinajstić information content (AvgIpc) is 3.15. The summed E-state index contributed by atoms with van der Waals surface area (Å²) in [4.78, 5) is 0. The molecule has 0 saturated heterocycles. The Morgan fingerprint density at radius 2 is 1.74 bits per heavy atom. The van der Waals surface area contributed by atoms with Gasteiger partial charge >= 0.3 is 0 Å². The van der Waals surface area contributed by atoms with E-state index in [4.69, 9.17) is 21.4 Å². The third kappa shape index (κ3) is 2.93. The predicted octanol–water partition coefficient (Wildman–Crippen LogP) is 6.34. The van der Waals surface area contributed by atoms with Crippen LogP contribution in [0.2, 0.25) is 5.02 Å². The molecule has 0 unspecified atom stereocenters. The van der Waals surface area contributed by atoms with Gasteiger partial charge in [-0.05, 0) is 29.8 Å². The van der Waals surface area contributed by atoms with Crippen LogP contribution in [0.1, 0.15) is 35.4 Å². The normalized spacial score (nSPS) is 20.5. The Bertz CT molecular complexity index is 1040. The lowest BCUT2D eigenvalue weighted by Gasteiger charge is -2.38. The molecule has 27 heavy (non-hydrogen) atoms. The molecule has 0 N–H and O–H groups in total. The fraction of sp³-hybridized carbons (Fsp3) is 0.136. The second-order valence-electron chi connectivity index (χ2n) is 6.69. The van der Waals surface area contributed by atoms with E-state index in [9.17, 15) is 0 Å². The van der Waals surface area contributed by atoms with Crippen molar-refractivity contribution in [3.05, 3.63) is 99.0 Å². The first kappa shape index (κ1) is 16.8. The molecule has 2 heterocycles. The molecule has 0 saturated carbocycles. The van der Waals surface area contributed by atoms with Crippen LogP contribution < -0.4 is 4.74 Å². The minimum absolute atomic E-state index is 0.0970. The van der Waals surface area contributed by atoms with Crippen LogP contribution in [-0.4, -0.2) is 10.7 Å². The topological polar surface area (TPSA) is 24.8 Å². The molecule has 2 aliphatic heterocycles. The molecule has 0 amide bonds. The van der Waals surface area contributed by atoms with Gasteiger partial charge in [0.05, 0.1) is 11.8 Å². The van der Waals surface area contributed by atoms with E-state index in [0.29, 0.717) is 5.02 Å². The maximum absolute atomic E-state index is 6.38. The summed E-state index contributed by atoms with van der Waals surface area (Å²) in [5.41, 5.74) is 4.34. The molecular weight excluding hydrogens is 424 g/mol. The van der Waals surface area contributed by atoms with Crippen molar-refractivity contribution in [2.45, 2.75) is 18.7 Å². The van der Waals surface area contributed by atoms with Crippen molar-refractivity contribution >= 4 is 33.2 Å². The molecule has 0 aromatic heterocycles. The van der Waals surface area contributed by atoms with E-state index in [1.54, 1.807) is 0 Å². The minimum Gasteiger partial charge on any atom is -0.464 e. The molecule has 5 heteroatoms. The SMILES string of the molecule is Clc1ccc2c(c1)[C@H]1CC(c3ccccc3)=NN1[C@@H](c1ccccc1Br)O2. The predicted molar refractivity (Wildman–Crippen MR) is 111 cm³/mol. The van der Waals surface area contributed by atoms with Gasteiger partial charge in [-0.2, -0.15) is 5.10 Å². The molecule has 5 rings (SSSR count). The van der Waals surface area contributed by atoms with Gasteiger partial charge in [0.25, 0.3) is 0 Å². The number of ether oxygens (including phenoxy) is 1. The van der Waals surface area contributed by atoms with Crippen LogP contribution in [0.5, 0.6) is 5.75 Å². The maximum Gasteiger partial charge on any atom is 0.214 e. The average molecular weight is 440 g/mol. The van der Waals surface area contributed by atoms with Gasteiger partial charge in [-0.3, -0.25) is 0 Å². The van der Waals surface area contributed by atoms with E-state index in [0.717, 1.165) is 39.0 Å². The van der Waals surface area contributed by atoms with E-state index >= 15 is 0 Å². The number of benzene rings is 3. The largest absolute Gasteiger partial charge is 0.464 e. The van der Waals surface area contributed by atoms with Crippen LogP contribution in [0, 0.1) is 0 Å². The zero-order valence-electron chi connectivity index (χ0n) is 14.3. The Labute approximate surface area is 171 Å². The van der Waals surface area contributed by atoms with Crippen molar-refractivity contribution in [3.8, 4) is 5.75 Å². The second kappa shape index (κ2) is 6.70. The second-order valence-corrected chi connectivity index (χ2v) is 7.98. The zero-order valence-corrected chi connectivity index (χ0v) is 16.7. The van der Waals surface area contributed by atoms with Gasteiger partial charge in [0.1, 0.15) is 5.75 Å². The van der Waals surface area contributed by atoms with E-state index < -0.39 is 0 Å². The number of fused-ring (bicyclic) bond motifs is 3.